The molecule has 0 aliphatic carbocycles. The Labute approximate surface area is 214 Å². The van der Waals surface area contributed by atoms with Gasteiger partial charge in [0.2, 0.25) is 6.79 Å². The first-order valence-corrected chi connectivity index (χ1v) is 11.7. The first kappa shape index (κ1) is 24.0. The molecular formula is C28H25ClFN3O3. The number of para-hydroxylation sites is 1. The molecule has 4 aromatic rings. The molecule has 0 spiro atoms. The number of piperazine rings is 1. The van der Waals surface area contributed by atoms with Crippen LogP contribution in [0.4, 0.5) is 4.39 Å². The number of fused-ring (bicyclic) bond motifs is 2. The summed E-state index contributed by atoms with van der Waals surface area (Å²) in [6.07, 6.45) is 0. The summed E-state index contributed by atoms with van der Waals surface area (Å²) in [7, 11) is 0. The van der Waals surface area contributed by atoms with Gasteiger partial charge in [0.15, 0.2) is 11.5 Å². The van der Waals surface area contributed by atoms with E-state index in [2.05, 4.69) is 11.0 Å². The standard InChI is InChI=1S/C28H24FN3O3.ClH/c29-21-8-6-20(7-9-21)25-16-23(22-3-1-2-4-24(22)30-25)28(33)32-13-11-31(12-14-32)17-19-5-10-26-27(15-19)35-18-34-26;/h1-10,15-16H,11-14,17-18H2;1H. The number of halogens is 2. The van der Waals surface area contributed by atoms with Crippen LogP contribution >= 0.6 is 12.4 Å². The summed E-state index contributed by atoms with van der Waals surface area (Å²) in [5, 5.41) is 0.825. The summed E-state index contributed by atoms with van der Waals surface area (Å²) in [5.74, 6) is 1.27. The lowest BCUT2D eigenvalue weighted by Gasteiger charge is -2.35. The van der Waals surface area contributed by atoms with Crippen molar-refractivity contribution in [3.8, 4) is 22.8 Å². The molecule has 0 saturated carbocycles. The Kier molecular flexibility index (Phi) is 6.76. The summed E-state index contributed by atoms with van der Waals surface area (Å²) in [5.41, 5.74) is 3.98. The average molecular weight is 506 g/mol. The molecule has 3 aromatic carbocycles. The van der Waals surface area contributed by atoms with E-state index in [9.17, 15) is 9.18 Å². The van der Waals surface area contributed by atoms with E-state index in [1.165, 1.54) is 12.1 Å². The highest BCUT2D eigenvalue weighted by Crippen LogP contribution is 2.33. The lowest BCUT2D eigenvalue weighted by Crippen LogP contribution is -2.48. The third-order valence-electron chi connectivity index (χ3n) is 6.59. The van der Waals surface area contributed by atoms with Gasteiger partial charge in [0.05, 0.1) is 16.8 Å². The fraction of sp³-hybridized carbons (Fsp3) is 0.214. The summed E-state index contributed by atoms with van der Waals surface area (Å²) in [6, 6.07) is 21.7. The maximum atomic E-state index is 13.6. The molecule has 36 heavy (non-hydrogen) atoms. The molecular weight excluding hydrogens is 481 g/mol. The fourth-order valence-corrected chi connectivity index (χ4v) is 4.70. The molecule has 0 bridgehead atoms. The molecule has 2 aliphatic rings. The average Bonchev–Trinajstić information content (AvgIpc) is 3.36. The van der Waals surface area contributed by atoms with Crippen molar-refractivity contribution in [3.63, 3.8) is 0 Å². The Morgan fingerprint density at radius 2 is 1.64 bits per heavy atom. The van der Waals surface area contributed by atoms with Crippen LogP contribution < -0.4 is 9.47 Å². The molecule has 2 aliphatic heterocycles. The number of benzene rings is 3. The van der Waals surface area contributed by atoms with Crippen LogP contribution in [0.5, 0.6) is 11.5 Å². The highest BCUT2D eigenvalue weighted by atomic mass is 35.5. The van der Waals surface area contributed by atoms with Gasteiger partial charge < -0.3 is 14.4 Å². The Morgan fingerprint density at radius 3 is 2.44 bits per heavy atom. The van der Waals surface area contributed by atoms with Crippen molar-refractivity contribution in [1.29, 1.82) is 0 Å². The number of pyridine rings is 1. The van der Waals surface area contributed by atoms with Crippen LogP contribution in [0.3, 0.4) is 0 Å². The predicted octanol–water partition coefficient (Wildman–Crippen LogP) is 5.15. The minimum atomic E-state index is -0.301. The van der Waals surface area contributed by atoms with Gasteiger partial charge in [0, 0.05) is 43.7 Å². The van der Waals surface area contributed by atoms with Crippen LogP contribution in [0.2, 0.25) is 0 Å². The first-order chi connectivity index (χ1) is 17.1. The van der Waals surface area contributed by atoms with Crippen LogP contribution in [0.1, 0.15) is 15.9 Å². The van der Waals surface area contributed by atoms with Crippen LogP contribution in [0, 0.1) is 5.82 Å². The van der Waals surface area contributed by atoms with Crippen molar-refractivity contribution in [2.24, 2.45) is 0 Å². The second-order valence-corrected chi connectivity index (χ2v) is 8.84. The zero-order chi connectivity index (χ0) is 23.8. The monoisotopic (exact) mass is 505 g/mol. The minimum Gasteiger partial charge on any atom is -0.454 e. The molecule has 0 N–H and O–H groups in total. The van der Waals surface area contributed by atoms with E-state index in [0.717, 1.165) is 53.2 Å². The van der Waals surface area contributed by atoms with Gasteiger partial charge in [-0.15, -0.1) is 12.4 Å². The minimum absolute atomic E-state index is 0. The molecule has 1 aromatic heterocycles. The smallest absolute Gasteiger partial charge is 0.254 e. The molecule has 0 radical (unpaired) electrons. The predicted molar refractivity (Wildman–Crippen MR) is 138 cm³/mol. The van der Waals surface area contributed by atoms with E-state index in [1.807, 2.05) is 47.4 Å². The Balaban J connectivity index is 0.00000267. The van der Waals surface area contributed by atoms with Gasteiger partial charge in [0.1, 0.15) is 5.82 Å². The highest BCUT2D eigenvalue weighted by Gasteiger charge is 2.25. The van der Waals surface area contributed by atoms with Gasteiger partial charge in [-0.2, -0.15) is 0 Å². The van der Waals surface area contributed by atoms with Crippen LogP contribution in [-0.4, -0.2) is 53.7 Å². The van der Waals surface area contributed by atoms with Gasteiger partial charge in [-0.1, -0.05) is 24.3 Å². The second-order valence-electron chi connectivity index (χ2n) is 8.84. The quantitative estimate of drug-likeness (QED) is 0.384. The number of hydrogen-bond donors (Lipinski definition) is 0. The van der Waals surface area contributed by atoms with Crippen molar-refractivity contribution in [2.45, 2.75) is 6.54 Å². The molecule has 0 unspecified atom stereocenters. The van der Waals surface area contributed by atoms with E-state index in [1.54, 1.807) is 12.1 Å². The Bertz CT molecular complexity index is 1410. The van der Waals surface area contributed by atoms with Gasteiger partial charge >= 0.3 is 0 Å². The van der Waals surface area contributed by atoms with Crippen molar-refractivity contribution in [2.75, 3.05) is 33.0 Å². The number of ether oxygens (including phenoxy) is 2. The fourth-order valence-electron chi connectivity index (χ4n) is 4.70. The molecule has 6 rings (SSSR count). The van der Waals surface area contributed by atoms with Gasteiger partial charge in [0.25, 0.3) is 5.91 Å². The number of amides is 1. The number of carbonyl (C=O) groups excluding carboxylic acids is 1. The lowest BCUT2D eigenvalue weighted by atomic mass is 10.0. The van der Waals surface area contributed by atoms with Crippen molar-refractivity contribution >= 4 is 29.2 Å². The van der Waals surface area contributed by atoms with Crippen LogP contribution in [0.15, 0.2) is 72.8 Å². The summed E-state index contributed by atoms with van der Waals surface area (Å²) < 4.78 is 24.3. The first-order valence-electron chi connectivity index (χ1n) is 11.7. The third kappa shape index (κ3) is 4.72. The molecule has 3 heterocycles. The van der Waals surface area contributed by atoms with E-state index in [4.69, 9.17) is 14.5 Å². The second kappa shape index (κ2) is 10.1. The largest absolute Gasteiger partial charge is 0.454 e. The van der Waals surface area contributed by atoms with Gasteiger partial charge in [-0.25, -0.2) is 9.37 Å². The maximum absolute atomic E-state index is 13.6. The molecule has 1 saturated heterocycles. The highest BCUT2D eigenvalue weighted by molar-refractivity contribution is 6.07. The molecule has 1 amide bonds. The van der Waals surface area contributed by atoms with Crippen LogP contribution in [-0.2, 0) is 6.54 Å². The zero-order valence-corrected chi connectivity index (χ0v) is 20.3. The summed E-state index contributed by atoms with van der Waals surface area (Å²) in [4.78, 5) is 22.6. The molecule has 6 nitrogen and oxygen atoms in total. The number of carbonyl (C=O) groups is 1. The Morgan fingerprint density at radius 1 is 0.889 bits per heavy atom. The van der Waals surface area contributed by atoms with Gasteiger partial charge in [-0.05, 0) is 54.1 Å². The third-order valence-corrected chi connectivity index (χ3v) is 6.59. The topological polar surface area (TPSA) is 54.9 Å². The normalized spacial score (nSPS) is 15.1. The van der Waals surface area contributed by atoms with Crippen LogP contribution in [0.25, 0.3) is 22.2 Å². The van der Waals surface area contributed by atoms with Crippen molar-refractivity contribution in [3.05, 3.63) is 89.7 Å². The lowest BCUT2D eigenvalue weighted by molar-refractivity contribution is 0.0630. The number of hydrogen-bond acceptors (Lipinski definition) is 5. The van der Waals surface area contributed by atoms with E-state index in [-0.39, 0.29) is 30.9 Å². The number of rotatable bonds is 4. The molecule has 1 fully saturated rings. The van der Waals surface area contributed by atoms with E-state index < -0.39 is 0 Å². The molecule has 8 heteroatoms. The Hall–Kier alpha value is -3.68. The maximum Gasteiger partial charge on any atom is 0.254 e. The summed E-state index contributed by atoms with van der Waals surface area (Å²) in [6.45, 7) is 3.93. The van der Waals surface area contributed by atoms with Crippen molar-refractivity contribution < 1.29 is 18.7 Å². The van der Waals surface area contributed by atoms with E-state index in [0.29, 0.717) is 24.3 Å². The molecule has 184 valence electrons. The number of aromatic nitrogens is 1. The van der Waals surface area contributed by atoms with Gasteiger partial charge in [-0.3, -0.25) is 9.69 Å². The van der Waals surface area contributed by atoms with Crippen molar-refractivity contribution in [1.82, 2.24) is 14.8 Å². The number of nitrogens with zero attached hydrogens (tertiary/aromatic N) is 3. The molecule has 0 atom stereocenters. The summed E-state index contributed by atoms with van der Waals surface area (Å²) >= 11 is 0. The SMILES string of the molecule is Cl.O=C(c1cc(-c2ccc(F)cc2)nc2ccccc12)N1CCN(Cc2ccc3c(c2)OCO3)CC1. The van der Waals surface area contributed by atoms with E-state index >= 15 is 0 Å². The zero-order valence-electron chi connectivity index (χ0n) is 19.5.